The molecule has 4 rings (SSSR count). The lowest BCUT2D eigenvalue weighted by Crippen LogP contribution is -2.54. The molecular formula is C26H45NO5. The molecule has 0 radical (unpaired) electrons. The Morgan fingerprint density at radius 1 is 1.03 bits per heavy atom. The Bertz CT molecular complexity index is 685. The van der Waals surface area contributed by atoms with Crippen LogP contribution in [0.5, 0.6) is 0 Å². The van der Waals surface area contributed by atoms with Crippen LogP contribution in [0, 0.1) is 46.3 Å². The van der Waals surface area contributed by atoms with Crippen LogP contribution in [-0.4, -0.2) is 39.0 Å². The lowest BCUT2D eigenvalue weighted by molar-refractivity contribution is -0.364. The second kappa shape index (κ2) is 9.16. The van der Waals surface area contributed by atoms with Crippen molar-refractivity contribution in [3.05, 3.63) is 0 Å². The number of rotatable bonds is 6. The van der Waals surface area contributed by atoms with E-state index >= 15 is 0 Å². The van der Waals surface area contributed by atoms with Gasteiger partial charge in [-0.2, -0.15) is 0 Å². The molecule has 0 aromatic heterocycles. The zero-order valence-corrected chi connectivity index (χ0v) is 20.5. The van der Waals surface area contributed by atoms with Gasteiger partial charge in [0.25, 0.3) is 6.23 Å². The predicted octanol–water partition coefficient (Wildman–Crippen LogP) is 5.39. The predicted molar refractivity (Wildman–Crippen MR) is 121 cm³/mol. The number of ether oxygens (including phenoxy) is 1. The highest BCUT2D eigenvalue weighted by atomic mass is 16.8. The Morgan fingerprint density at radius 3 is 2.41 bits per heavy atom. The van der Waals surface area contributed by atoms with Gasteiger partial charge in [-0.1, -0.05) is 40.5 Å². The SMILES string of the molecule is CCC[C@@H](C)[C@H]1CCC2C3CCC4CC(OC(=O)[C@H](O)N(O)O)CC[C@]4(C)C3CC[C@@]21C. The van der Waals surface area contributed by atoms with E-state index in [-0.39, 0.29) is 6.10 Å². The monoisotopic (exact) mass is 451 g/mol. The second-order valence-corrected chi connectivity index (χ2v) is 12.2. The Labute approximate surface area is 193 Å². The Hall–Kier alpha value is -0.690. The second-order valence-electron chi connectivity index (χ2n) is 12.2. The molecule has 4 saturated carbocycles. The van der Waals surface area contributed by atoms with Crippen LogP contribution in [-0.2, 0) is 9.53 Å². The van der Waals surface area contributed by atoms with Crippen LogP contribution < -0.4 is 0 Å². The van der Waals surface area contributed by atoms with Crippen molar-refractivity contribution < 1.29 is 25.1 Å². The van der Waals surface area contributed by atoms with Crippen LogP contribution in [0.25, 0.3) is 0 Å². The Kier molecular flexibility index (Phi) is 7.00. The lowest BCUT2D eigenvalue weighted by Gasteiger charge is -2.61. The van der Waals surface area contributed by atoms with Gasteiger partial charge in [-0.3, -0.25) is 10.4 Å². The molecule has 0 spiro atoms. The maximum atomic E-state index is 12.0. The third-order valence-corrected chi connectivity index (χ3v) is 10.8. The van der Waals surface area contributed by atoms with E-state index < -0.39 is 17.4 Å². The molecule has 0 aromatic carbocycles. The van der Waals surface area contributed by atoms with E-state index in [9.17, 15) is 9.90 Å². The van der Waals surface area contributed by atoms with Crippen LogP contribution in [0.1, 0.15) is 98.3 Å². The number of hydroxylamine groups is 2. The van der Waals surface area contributed by atoms with E-state index in [2.05, 4.69) is 27.7 Å². The first-order valence-electron chi connectivity index (χ1n) is 13.2. The molecule has 0 bridgehead atoms. The van der Waals surface area contributed by atoms with Crippen LogP contribution in [0.2, 0.25) is 0 Å². The van der Waals surface area contributed by atoms with Gasteiger partial charge in [0.2, 0.25) is 0 Å². The number of hydrogen-bond acceptors (Lipinski definition) is 6. The molecule has 4 fully saturated rings. The molecule has 0 amide bonds. The summed E-state index contributed by atoms with van der Waals surface area (Å²) in [7, 11) is 0. The van der Waals surface area contributed by atoms with Gasteiger partial charge in [0, 0.05) is 0 Å². The molecule has 0 aliphatic heterocycles. The first-order valence-corrected chi connectivity index (χ1v) is 13.2. The molecule has 4 aliphatic rings. The smallest absolute Gasteiger partial charge is 0.355 e. The first kappa shape index (κ1) is 24.4. The standard InChI is InChI=1S/C26H45NO5/c1-5-6-16(2)20-9-10-21-19-8-7-17-15-18(32-24(29)23(28)27(30)31)11-13-25(17,3)22(19)12-14-26(20,21)4/h16-23,28,30-31H,5-15H2,1-4H3/t16-,17?,18?,19?,20-,21?,22?,23+,25+,26-/m1/s1. The van der Waals surface area contributed by atoms with Crippen molar-refractivity contribution >= 4 is 5.97 Å². The third kappa shape index (κ3) is 4.03. The third-order valence-electron chi connectivity index (χ3n) is 10.8. The van der Waals surface area contributed by atoms with Gasteiger partial charge in [0.1, 0.15) is 6.10 Å². The van der Waals surface area contributed by atoms with E-state index in [4.69, 9.17) is 15.2 Å². The fraction of sp³-hybridized carbons (Fsp3) is 0.962. The van der Waals surface area contributed by atoms with E-state index in [0.717, 1.165) is 48.9 Å². The highest BCUT2D eigenvalue weighted by Gasteiger charge is 2.60. The van der Waals surface area contributed by atoms with Gasteiger partial charge in [-0.05, 0) is 109 Å². The van der Waals surface area contributed by atoms with Crippen LogP contribution in [0.15, 0.2) is 0 Å². The number of aliphatic hydroxyl groups is 1. The zero-order valence-electron chi connectivity index (χ0n) is 20.5. The molecule has 6 nitrogen and oxygen atoms in total. The summed E-state index contributed by atoms with van der Waals surface area (Å²) in [5.74, 6) is 3.76. The first-order chi connectivity index (χ1) is 15.1. The van der Waals surface area contributed by atoms with Crippen molar-refractivity contribution in [1.29, 1.82) is 0 Å². The largest absolute Gasteiger partial charge is 0.459 e. The number of aliphatic hydroxyl groups excluding tert-OH is 1. The molecule has 5 unspecified atom stereocenters. The summed E-state index contributed by atoms with van der Waals surface area (Å²) < 4.78 is 5.44. The van der Waals surface area contributed by atoms with Crippen molar-refractivity contribution in [3.63, 3.8) is 0 Å². The molecule has 10 atom stereocenters. The summed E-state index contributed by atoms with van der Waals surface area (Å²) in [4.78, 5) is 12.0. The van der Waals surface area contributed by atoms with Crippen molar-refractivity contribution in [3.8, 4) is 0 Å². The van der Waals surface area contributed by atoms with Crippen LogP contribution in [0.4, 0.5) is 0 Å². The van der Waals surface area contributed by atoms with E-state index in [1.165, 1.54) is 51.4 Å². The van der Waals surface area contributed by atoms with E-state index in [1.54, 1.807) is 0 Å². The molecule has 184 valence electrons. The maximum Gasteiger partial charge on any atom is 0.355 e. The van der Waals surface area contributed by atoms with E-state index in [1.807, 2.05) is 0 Å². The van der Waals surface area contributed by atoms with Crippen molar-refractivity contribution in [2.24, 2.45) is 46.3 Å². The number of carbonyl (C=O) groups excluding carboxylic acids is 1. The number of esters is 1. The molecule has 4 aliphatic carbocycles. The van der Waals surface area contributed by atoms with Crippen molar-refractivity contribution in [2.75, 3.05) is 0 Å². The minimum atomic E-state index is -2.04. The van der Waals surface area contributed by atoms with Gasteiger partial charge in [0.15, 0.2) is 0 Å². The minimum absolute atomic E-state index is 0.244. The van der Waals surface area contributed by atoms with Gasteiger partial charge < -0.3 is 9.84 Å². The summed E-state index contributed by atoms with van der Waals surface area (Å²) in [6.45, 7) is 9.94. The molecule has 0 aromatic rings. The van der Waals surface area contributed by atoms with Gasteiger partial charge in [0.05, 0.1) is 0 Å². The minimum Gasteiger partial charge on any atom is -0.459 e. The average molecular weight is 452 g/mol. The quantitative estimate of drug-likeness (QED) is 0.285. The van der Waals surface area contributed by atoms with Crippen molar-refractivity contribution in [1.82, 2.24) is 5.23 Å². The number of nitrogens with zero attached hydrogens (tertiary/aromatic N) is 1. The maximum absolute atomic E-state index is 12.0. The zero-order chi connectivity index (χ0) is 23.3. The van der Waals surface area contributed by atoms with Gasteiger partial charge >= 0.3 is 5.97 Å². The molecule has 0 saturated heterocycles. The summed E-state index contributed by atoms with van der Waals surface area (Å²) in [6, 6.07) is 0. The number of hydrogen-bond donors (Lipinski definition) is 3. The Balaban J connectivity index is 1.43. The average Bonchev–Trinajstić information content (AvgIpc) is 3.10. The van der Waals surface area contributed by atoms with Crippen LogP contribution in [0.3, 0.4) is 0 Å². The number of fused-ring (bicyclic) bond motifs is 5. The summed E-state index contributed by atoms with van der Waals surface area (Å²) >= 11 is 0. The highest BCUT2D eigenvalue weighted by molar-refractivity contribution is 5.73. The molecular weight excluding hydrogens is 406 g/mol. The highest BCUT2D eigenvalue weighted by Crippen LogP contribution is 2.68. The molecule has 6 heteroatoms. The normalized spacial score (nSPS) is 45.5. The fourth-order valence-corrected chi connectivity index (χ4v) is 9.28. The van der Waals surface area contributed by atoms with Crippen LogP contribution >= 0.6 is 0 Å². The summed E-state index contributed by atoms with van der Waals surface area (Å²) in [5, 5.41) is 26.8. The number of carbonyl (C=O) groups is 1. The van der Waals surface area contributed by atoms with Gasteiger partial charge in [-0.25, -0.2) is 4.79 Å². The Morgan fingerprint density at radius 2 is 1.72 bits per heavy atom. The molecule has 3 N–H and O–H groups in total. The summed E-state index contributed by atoms with van der Waals surface area (Å²) in [5.41, 5.74) is 0.821. The fourth-order valence-electron chi connectivity index (χ4n) is 9.28. The van der Waals surface area contributed by atoms with Gasteiger partial charge in [-0.15, -0.1) is 0 Å². The van der Waals surface area contributed by atoms with Crippen molar-refractivity contribution in [2.45, 2.75) is 111 Å². The summed E-state index contributed by atoms with van der Waals surface area (Å²) in [6.07, 6.45) is 11.1. The molecule has 32 heavy (non-hydrogen) atoms. The van der Waals surface area contributed by atoms with E-state index in [0.29, 0.717) is 16.7 Å². The molecule has 0 heterocycles. The lowest BCUT2D eigenvalue weighted by atomic mass is 9.44. The topological polar surface area (TPSA) is 90.2 Å².